The fraction of sp³-hybridized carbons (Fsp3) is 0.100. The molecule has 0 N–H and O–H groups in total. The molecule has 2 aromatic carbocycles. The first-order valence-electron chi connectivity index (χ1n) is 7.94. The molecule has 0 saturated carbocycles. The molecule has 0 fully saturated rings. The van der Waals surface area contributed by atoms with E-state index in [1.807, 2.05) is 47.3 Å². The van der Waals surface area contributed by atoms with Crippen LogP contribution >= 0.6 is 11.8 Å². The van der Waals surface area contributed by atoms with Crippen LogP contribution in [0.4, 0.5) is 4.39 Å². The zero-order chi connectivity index (χ0) is 17.2. The Hall–Kier alpha value is -2.66. The normalized spacial score (nSPS) is 15.4. The fourth-order valence-electron chi connectivity index (χ4n) is 2.84. The first-order chi connectivity index (χ1) is 12.2. The van der Waals surface area contributed by atoms with Crippen molar-refractivity contribution < 1.29 is 9.18 Å². The first kappa shape index (κ1) is 15.8. The molecule has 0 atom stereocenters. The number of carbonyl (C=O) groups excluding carboxylic acids is 1. The number of rotatable bonds is 3. The van der Waals surface area contributed by atoms with Gasteiger partial charge in [0.25, 0.3) is 0 Å². The molecule has 0 bridgehead atoms. The van der Waals surface area contributed by atoms with E-state index in [1.54, 1.807) is 18.3 Å². The lowest BCUT2D eigenvalue weighted by molar-refractivity contribution is 0.103. The summed E-state index contributed by atoms with van der Waals surface area (Å²) in [6.07, 6.45) is 5.51. The number of fused-ring (bicyclic) bond motifs is 1. The molecule has 3 aromatic rings. The number of carbonyl (C=O) groups is 1. The molecule has 25 heavy (non-hydrogen) atoms. The third kappa shape index (κ3) is 3.28. The molecular weight excluding hydrogens is 335 g/mol. The Kier molecular flexibility index (Phi) is 4.24. The maximum absolute atomic E-state index is 13.8. The minimum Gasteiger partial charge on any atom is -0.289 e. The van der Waals surface area contributed by atoms with Crippen molar-refractivity contribution in [3.8, 4) is 0 Å². The maximum atomic E-state index is 13.8. The van der Waals surface area contributed by atoms with Gasteiger partial charge in [0.1, 0.15) is 5.82 Å². The molecule has 0 aliphatic carbocycles. The molecule has 2 heterocycles. The molecule has 0 radical (unpaired) electrons. The van der Waals surface area contributed by atoms with Crippen LogP contribution in [0.3, 0.4) is 0 Å². The van der Waals surface area contributed by atoms with Gasteiger partial charge in [0, 0.05) is 28.6 Å². The number of hydrogen-bond donors (Lipinski definition) is 0. The largest absolute Gasteiger partial charge is 0.289 e. The number of nitrogens with zero attached hydrogens (tertiary/aromatic N) is 2. The summed E-state index contributed by atoms with van der Waals surface area (Å²) in [5.74, 6) is 0.0334. The number of benzene rings is 2. The van der Waals surface area contributed by atoms with E-state index in [1.165, 1.54) is 23.4 Å². The molecule has 1 aromatic heterocycles. The van der Waals surface area contributed by atoms with Crippen LogP contribution in [0.1, 0.15) is 21.5 Å². The third-order valence-corrected chi connectivity index (χ3v) is 5.22. The van der Waals surface area contributed by atoms with Gasteiger partial charge in [-0.15, -0.1) is 11.8 Å². The smallest absolute Gasteiger partial charge is 0.191 e. The van der Waals surface area contributed by atoms with E-state index < -0.39 is 0 Å². The SMILES string of the molecule is O=C1/C(=C\c2cnn(Cc3ccccc3)c2)CSc2c(F)cccc21. The van der Waals surface area contributed by atoms with Gasteiger partial charge in [-0.25, -0.2) is 4.39 Å². The molecule has 4 rings (SSSR count). The van der Waals surface area contributed by atoms with Crippen molar-refractivity contribution >= 4 is 23.6 Å². The van der Waals surface area contributed by atoms with Crippen molar-refractivity contribution in [3.63, 3.8) is 0 Å². The molecule has 0 spiro atoms. The molecule has 5 heteroatoms. The van der Waals surface area contributed by atoms with E-state index in [2.05, 4.69) is 5.10 Å². The summed E-state index contributed by atoms with van der Waals surface area (Å²) in [7, 11) is 0. The topological polar surface area (TPSA) is 34.9 Å². The molecular formula is C20H15FN2OS. The van der Waals surface area contributed by atoms with Crippen molar-refractivity contribution in [1.29, 1.82) is 0 Å². The zero-order valence-corrected chi connectivity index (χ0v) is 14.2. The number of Topliss-reactive ketones (excluding diaryl/α,β-unsaturated/α-hetero) is 1. The van der Waals surface area contributed by atoms with Crippen molar-refractivity contribution in [3.05, 3.63) is 89.0 Å². The van der Waals surface area contributed by atoms with Gasteiger partial charge >= 0.3 is 0 Å². The highest BCUT2D eigenvalue weighted by atomic mass is 32.2. The van der Waals surface area contributed by atoms with Crippen LogP contribution in [0.2, 0.25) is 0 Å². The van der Waals surface area contributed by atoms with Crippen molar-refractivity contribution in [2.75, 3.05) is 5.75 Å². The van der Waals surface area contributed by atoms with Crippen LogP contribution in [-0.4, -0.2) is 21.3 Å². The Bertz CT molecular complexity index is 963. The second kappa shape index (κ2) is 6.69. The summed E-state index contributed by atoms with van der Waals surface area (Å²) >= 11 is 1.36. The minimum atomic E-state index is -0.328. The predicted molar refractivity (Wildman–Crippen MR) is 97.2 cm³/mol. The Morgan fingerprint density at radius 1 is 1.16 bits per heavy atom. The van der Waals surface area contributed by atoms with E-state index in [4.69, 9.17) is 0 Å². The monoisotopic (exact) mass is 350 g/mol. The zero-order valence-electron chi connectivity index (χ0n) is 13.4. The highest BCUT2D eigenvalue weighted by Gasteiger charge is 2.24. The lowest BCUT2D eigenvalue weighted by Crippen LogP contribution is -2.13. The van der Waals surface area contributed by atoms with Crippen molar-refractivity contribution in [2.24, 2.45) is 0 Å². The van der Waals surface area contributed by atoms with E-state index in [9.17, 15) is 9.18 Å². The average molecular weight is 350 g/mol. The third-order valence-electron chi connectivity index (χ3n) is 4.06. The second-order valence-corrected chi connectivity index (χ2v) is 6.85. The highest BCUT2D eigenvalue weighted by Crippen LogP contribution is 2.35. The summed E-state index contributed by atoms with van der Waals surface area (Å²) in [6, 6.07) is 14.7. The van der Waals surface area contributed by atoms with Gasteiger partial charge < -0.3 is 0 Å². The van der Waals surface area contributed by atoms with Gasteiger partial charge in [0.05, 0.1) is 17.6 Å². The Balaban J connectivity index is 1.57. The lowest BCUT2D eigenvalue weighted by Gasteiger charge is -2.17. The van der Waals surface area contributed by atoms with Crippen molar-refractivity contribution in [2.45, 2.75) is 11.4 Å². The number of thioether (sulfide) groups is 1. The highest BCUT2D eigenvalue weighted by molar-refractivity contribution is 7.99. The first-order valence-corrected chi connectivity index (χ1v) is 8.92. The number of halogens is 1. The number of hydrogen-bond acceptors (Lipinski definition) is 3. The van der Waals surface area contributed by atoms with Gasteiger partial charge in [0.15, 0.2) is 5.78 Å². The fourth-order valence-corrected chi connectivity index (χ4v) is 3.88. The lowest BCUT2D eigenvalue weighted by atomic mass is 10.0. The molecule has 1 aliphatic rings. The molecule has 124 valence electrons. The van der Waals surface area contributed by atoms with Crippen molar-refractivity contribution in [1.82, 2.24) is 9.78 Å². The van der Waals surface area contributed by atoms with Crippen LogP contribution in [0, 0.1) is 5.82 Å². The van der Waals surface area contributed by atoms with E-state index in [0.29, 0.717) is 28.3 Å². The Labute approximate surface area is 149 Å². The number of ketones is 1. The van der Waals surface area contributed by atoms with Gasteiger partial charge in [-0.2, -0.15) is 5.10 Å². The second-order valence-electron chi connectivity index (χ2n) is 5.86. The Morgan fingerprint density at radius 2 is 2.00 bits per heavy atom. The van der Waals surface area contributed by atoms with Crippen LogP contribution < -0.4 is 0 Å². The van der Waals surface area contributed by atoms with Crippen LogP contribution in [0.15, 0.2) is 71.4 Å². The molecule has 0 amide bonds. The Morgan fingerprint density at radius 3 is 2.84 bits per heavy atom. The standard InChI is InChI=1S/C20H15FN2OS/c21-18-8-4-7-17-19(24)16(13-25-20(17)18)9-15-10-22-23(12-15)11-14-5-2-1-3-6-14/h1-10,12H,11,13H2/b16-9-. The summed E-state index contributed by atoms with van der Waals surface area (Å²) in [6.45, 7) is 0.681. The average Bonchev–Trinajstić information content (AvgIpc) is 3.06. The molecule has 0 unspecified atom stereocenters. The quantitative estimate of drug-likeness (QED) is 0.655. The van der Waals surface area contributed by atoms with E-state index in [0.717, 1.165) is 5.56 Å². The van der Waals surface area contributed by atoms with Crippen LogP contribution in [-0.2, 0) is 6.54 Å². The maximum Gasteiger partial charge on any atom is 0.191 e. The van der Waals surface area contributed by atoms with Gasteiger partial charge in [-0.1, -0.05) is 36.4 Å². The summed E-state index contributed by atoms with van der Waals surface area (Å²) in [5.41, 5.74) is 3.15. The van der Waals surface area contributed by atoms with Crippen LogP contribution in [0.25, 0.3) is 6.08 Å². The minimum absolute atomic E-state index is 0.107. The predicted octanol–water partition coefficient (Wildman–Crippen LogP) is 4.44. The number of aromatic nitrogens is 2. The molecule has 3 nitrogen and oxygen atoms in total. The molecule has 0 saturated heterocycles. The van der Waals surface area contributed by atoms with E-state index >= 15 is 0 Å². The molecule has 1 aliphatic heterocycles. The van der Waals surface area contributed by atoms with Gasteiger partial charge in [-0.3, -0.25) is 9.48 Å². The van der Waals surface area contributed by atoms with Gasteiger partial charge in [-0.05, 0) is 23.8 Å². The summed E-state index contributed by atoms with van der Waals surface area (Å²) in [5, 5.41) is 4.35. The summed E-state index contributed by atoms with van der Waals surface area (Å²) in [4.78, 5) is 13.0. The summed E-state index contributed by atoms with van der Waals surface area (Å²) < 4.78 is 15.6. The van der Waals surface area contributed by atoms with Crippen LogP contribution in [0.5, 0.6) is 0 Å². The van der Waals surface area contributed by atoms with E-state index in [-0.39, 0.29) is 11.6 Å². The van der Waals surface area contributed by atoms with Gasteiger partial charge in [0.2, 0.25) is 0 Å².